The van der Waals surface area contributed by atoms with Gasteiger partial charge in [0.2, 0.25) is 11.8 Å². The number of carboxylic acids is 1. The summed E-state index contributed by atoms with van der Waals surface area (Å²) in [6, 6.07) is 3.22. The van der Waals surface area contributed by atoms with Crippen molar-refractivity contribution >= 4 is 17.6 Å². The second-order valence-corrected chi connectivity index (χ2v) is 3.66. The summed E-state index contributed by atoms with van der Waals surface area (Å²) in [4.78, 5) is 25.6. The second kappa shape index (κ2) is 8.83. The van der Waals surface area contributed by atoms with E-state index in [0.29, 0.717) is 24.8 Å². The van der Waals surface area contributed by atoms with Crippen molar-refractivity contribution in [3.63, 3.8) is 0 Å². The van der Waals surface area contributed by atoms with Crippen LogP contribution in [0.15, 0.2) is 18.3 Å². The number of aliphatic carboxylic acids is 1. The highest BCUT2D eigenvalue weighted by molar-refractivity contribution is 5.91. The first-order chi connectivity index (χ1) is 9.61. The van der Waals surface area contributed by atoms with E-state index in [9.17, 15) is 9.59 Å². The smallest absolute Gasteiger partial charge is 0.329 e. The molecule has 20 heavy (non-hydrogen) atoms. The molecule has 1 rings (SSSR count). The van der Waals surface area contributed by atoms with E-state index in [-0.39, 0.29) is 6.61 Å². The molecule has 8 nitrogen and oxygen atoms in total. The Morgan fingerprint density at radius 1 is 1.30 bits per heavy atom. The van der Waals surface area contributed by atoms with E-state index in [4.69, 9.17) is 14.6 Å². The van der Waals surface area contributed by atoms with E-state index in [2.05, 4.69) is 15.0 Å². The van der Waals surface area contributed by atoms with Crippen molar-refractivity contribution in [2.45, 2.75) is 0 Å². The number of hydrogen-bond donors (Lipinski definition) is 2. The van der Waals surface area contributed by atoms with Crippen LogP contribution in [0.5, 0.6) is 5.88 Å². The highest BCUT2D eigenvalue weighted by Gasteiger charge is 2.05. The molecular formula is C12H16N2O6. The quantitative estimate of drug-likeness (QED) is 0.621. The molecule has 1 amide bonds. The largest absolute Gasteiger partial charge is 0.480 e. The summed E-state index contributed by atoms with van der Waals surface area (Å²) in [7, 11) is 1.57. The fraction of sp³-hybridized carbons (Fsp3) is 0.417. The molecule has 1 aromatic heterocycles. The molecule has 0 fully saturated rings. The van der Waals surface area contributed by atoms with Crippen LogP contribution in [0.25, 0.3) is 0 Å². The maximum atomic E-state index is 11.4. The van der Waals surface area contributed by atoms with Crippen molar-refractivity contribution < 1.29 is 28.9 Å². The standard InChI is InChI=1S/C12H16N2O6/c1-18-4-5-20-11-3-2-9(6-13-11)14-10(15)7-19-8-12(16)17/h2-3,6H,4-5,7-8H2,1H3,(H,14,15)(H,16,17). The van der Waals surface area contributed by atoms with Crippen LogP contribution in [0.2, 0.25) is 0 Å². The minimum atomic E-state index is -1.13. The Morgan fingerprint density at radius 3 is 2.70 bits per heavy atom. The van der Waals surface area contributed by atoms with Gasteiger partial charge in [-0.2, -0.15) is 0 Å². The second-order valence-electron chi connectivity index (χ2n) is 3.66. The average molecular weight is 284 g/mol. The van der Waals surface area contributed by atoms with Gasteiger partial charge in [0.05, 0.1) is 18.5 Å². The lowest BCUT2D eigenvalue weighted by Gasteiger charge is -2.07. The number of carbonyl (C=O) groups excluding carboxylic acids is 1. The van der Waals surface area contributed by atoms with Crippen LogP contribution in [-0.4, -0.2) is 55.5 Å². The zero-order valence-electron chi connectivity index (χ0n) is 11.0. The van der Waals surface area contributed by atoms with E-state index >= 15 is 0 Å². The molecule has 0 saturated carbocycles. The molecule has 0 radical (unpaired) electrons. The minimum absolute atomic E-state index is 0.335. The van der Waals surface area contributed by atoms with Crippen LogP contribution in [0.4, 0.5) is 5.69 Å². The summed E-state index contributed by atoms with van der Waals surface area (Å²) in [5, 5.41) is 10.9. The van der Waals surface area contributed by atoms with Crippen LogP contribution in [0.1, 0.15) is 0 Å². The number of nitrogens with one attached hydrogen (secondary N) is 1. The van der Waals surface area contributed by atoms with Gasteiger partial charge in [-0.25, -0.2) is 9.78 Å². The van der Waals surface area contributed by atoms with Gasteiger partial charge in [0.15, 0.2) is 0 Å². The predicted octanol–water partition coefficient (Wildman–Crippen LogP) is 0.147. The van der Waals surface area contributed by atoms with Gasteiger partial charge in [-0.05, 0) is 6.07 Å². The van der Waals surface area contributed by atoms with Crippen LogP contribution < -0.4 is 10.1 Å². The number of anilines is 1. The first-order valence-corrected chi connectivity index (χ1v) is 5.79. The van der Waals surface area contributed by atoms with Crippen molar-refractivity contribution in [1.82, 2.24) is 4.98 Å². The van der Waals surface area contributed by atoms with Gasteiger partial charge < -0.3 is 24.6 Å². The molecule has 0 aliphatic heterocycles. The van der Waals surface area contributed by atoms with Gasteiger partial charge in [-0.3, -0.25) is 4.79 Å². The molecule has 0 aliphatic rings. The molecule has 110 valence electrons. The number of carboxylic acid groups (broad SMARTS) is 1. The molecule has 0 aliphatic carbocycles. The topological polar surface area (TPSA) is 107 Å². The Bertz CT molecular complexity index is 434. The summed E-state index contributed by atoms with van der Waals surface area (Å²) in [5.74, 6) is -1.17. The van der Waals surface area contributed by atoms with E-state index in [1.807, 2.05) is 0 Å². The lowest BCUT2D eigenvalue weighted by atomic mass is 10.4. The Labute approximate surface area is 115 Å². The van der Waals surface area contributed by atoms with E-state index in [0.717, 1.165) is 0 Å². The van der Waals surface area contributed by atoms with Gasteiger partial charge >= 0.3 is 5.97 Å². The number of nitrogens with zero attached hydrogens (tertiary/aromatic N) is 1. The third kappa shape index (κ3) is 6.66. The maximum absolute atomic E-state index is 11.4. The number of methoxy groups -OCH3 is 1. The molecule has 0 bridgehead atoms. The summed E-state index contributed by atoms with van der Waals surface area (Å²) in [6.07, 6.45) is 1.43. The highest BCUT2D eigenvalue weighted by Crippen LogP contribution is 2.11. The zero-order valence-corrected chi connectivity index (χ0v) is 11.0. The highest BCUT2D eigenvalue weighted by atomic mass is 16.5. The van der Waals surface area contributed by atoms with Crippen LogP contribution in [-0.2, 0) is 19.1 Å². The molecule has 8 heteroatoms. The number of pyridine rings is 1. The number of aromatic nitrogens is 1. The van der Waals surface area contributed by atoms with Crippen molar-refractivity contribution in [3.05, 3.63) is 18.3 Å². The Morgan fingerprint density at radius 2 is 2.10 bits per heavy atom. The molecule has 0 atom stereocenters. The predicted molar refractivity (Wildman–Crippen MR) is 68.7 cm³/mol. The number of amides is 1. The third-order valence-corrected chi connectivity index (χ3v) is 2.02. The van der Waals surface area contributed by atoms with E-state index in [1.54, 1.807) is 19.2 Å². The third-order valence-electron chi connectivity index (χ3n) is 2.02. The minimum Gasteiger partial charge on any atom is -0.480 e. The van der Waals surface area contributed by atoms with Crippen molar-refractivity contribution in [2.24, 2.45) is 0 Å². The van der Waals surface area contributed by atoms with E-state index < -0.39 is 18.5 Å². The average Bonchev–Trinajstić information content (AvgIpc) is 2.40. The fourth-order valence-corrected chi connectivity index (χ4v) is 1.20. The van der Waals surface area contributed by atoms with Crippen LogP contribution in [0, 0.1) is 0 Å². The molecule has 0 saturated heterocycles. The first-order valence-electron chi connectivity index (χ1n) is 5.79. The molecule has 0 aromatic carbocycles. The van der Waals surface area contributed by atoms with Crippen molar-refractivity contribution in [2.75, 3.05) is 38.9 Å². The van der Waals surface area contributed by atoms with Gasteiger partial charge in [0.25, 0.3) is 0 Å². The summed E-state index contributed by atoms with van der Waals surface area (Å²) >= 11 is 0. The summed E-state index contributed by atoms with van der Waals surface area (Å²) in [6.45, 7) is -0.00431. The molecule has 1 heterocycles. The summed E-state index contributed by atoms with van der Waals surface area (Å²) < 4.78 is 14.7. The van der Waals surface area contributed by atoms with Crippen molar-refractivity contribution in [3.8, 4) is 5.88 Å². The number of carbonyl (C=O) groups is 2. The zero-order chi connectivity index (χ0) is 14.8. The van der Waals surface area contributed by atoms with Gasteiger partial charge in [-0.15, -0.1) is 0 Å². The van der Waals surface area contributed by atoms with Crippen molar-refractivity contribution in [1.29, 1.82) is 0 Å². The van der Waals surface area contributed by atoms with Crippen LogP contribution >= 0.6 is 0 Å². The summed E-state index contributed by atoms with van der Waals surface area (Å²) in [5.41, 5.74) is 0.466. The van der Waals surface area contributed by atoms with Gasteiger partial charge in [-0.1, -0.05) is 0 Å². The Hall–Kier alpha value is -2.19. The van der Waals surface area contributed by atoms with E-state index in [1.165, 1.54) is 6.20 Å². The van der Waals surface area contributed by atoms with Crippen LogP contribution in [0.3, 0.4) is 0 Å². The Balaban J connectivity index is 2.33. The number of rotatable bonds is 9. The first kappa shape index (κ1) is 15.9. The molecule has 0 unspecified atom stereocenters. The molecule has 0 spiro atoms. The molecule has 1 aromatic rings. The fourth-order valence-electron chi connectivity index (χ4n) is 1.20. The Kier molecular flexibility index (Phi) is 7.01. The molecule has 2 N–H and O–H groups in total. The lowest BCUT2D eigenvalue weighted by Crippen LogP contribution is -2.20. The van der Waals surface area contributed by atoms with Gasteiger partial charge in [0, 0.05) is 13.2 Å². The number of hydrogen-bond acceptors (Lipinski definition) is 6. The van der Waals surface area contributed by atoms with Gasteiger partial charge in [0.1, 0.15) is 19.8 Å². The normalized spacial score (nSPS) is 10.1. The monoisotopic (exact) mass is 284 g/mol. The maximum Gasteiger partial charge on any atom is 0.329 e. The molecular weight excluding hydrogens is 268 g/mol. The number of ether oxygens (including phenoxy) is 3. The SMILES string of the molecule is COCCOc1ccc(NC(=O)COCC(=O)O)cn1. The lowest BCUT2D eigenvalue weighted by molar-refractivity contribution is -0.143.